The van der Waals surface area contributed by atoms with Crippen LogP contribution in [0.1, 0.15) is 26.7 Å². The fraction of sp³-hybridized carbons (Fsp3) is 0.727. The minimum Gasteiger partial charge on any atom is -0.466 e. The van der Waals surface area contributed by atoms with Gasteiger partial charge >= 0.3 is 11.7 Å². The number of esters is 1. The molecular weight excluding hydrogens is 270 g/mol. The van der Waals surface area contributed by atoms with E-state index < -0.39 is 12.1 Å². The van der Waals surface area contributed by atoms with Gasteiger partial charge in [-0.25, -0.2) is 9.89 Å². The van der Waals surface area contributed by atoms with Crippen LogP contribution in [0.3, 0.4) is 0 Å². The Hall–Kier alpha value is -1.28. The Bertz CT molecular complexity index is 457. The van der Waals surface area contributed by atoms with Crippen molar-refractivity contribution >= 4 is 17.7 Å². The molecule has 0 aliphatic carbocycles. The molecule has 0 saturated carbocycles. The van der Waals surface area contributed by atoms with Crippen molar-refractivity contribution in [2.45, 2.75) is 44.5 Å². The van der Waals surface area contributed by atoms with Gasteiger partial charge in [-0.2, -0.15) is 0 Å². The van der Waals surface area contributed by atoms with Crippen LogP contribution in [0, 0.1) is 0 Å². The molecule has 0 spiro atoms. The molecule has 1 atom stereocenters. The molecule has 0 aromatic carbocycles. The van der Waals surface area contributed by atoms with E-state index in [1.54, 1.807) is 6.92 Å². The van der Waals surface area contributed by atoms with Crippen molar-refractivity contribution in [3.05, 3.63) is 10.5 Å². The van der Waals surface area contributed by atoms with Crippen molar-refractivity contribution in [1.82, 2.24) is 14.8 Å². The number of hydrogen-bond donors (Lipinski definition) is 2. The van der Waals surface area contributed by atoms with Crippen molar-refractivity contribution in [2.75, 3.05) is 12.4 Å². The number of ether oxygens (including phenoxy) is 1. The number of aromatic nitrogens is 3. The number of nitrogens with one attached hydrogen (secondary N) is 1. The van der Waals surface area contributed by atoms with Crippen LogP contribution in [0.15, 0.2) is 9.95 Å². The Morgan fingerprint density at radius 2 is 2.32 bits per heavy atom. The van der Waals surface area contributed by atoms with Gasteiger partial charge in [0.25, 0.3) is 0 Å². The normalized spacial score (nSPS) is 12.4. The maximum Gasteiger partial charge on any atom is 0.343 e. The summed E-state index contributed by atoms with van der Waals surface area (Å²) in [6, 6.07) is 0. The van der Waals surface area contributed by atoms with E-state index in [2.05, 4.69) is 10.2 Å². The lowest BCUT2D eigenvalue weighted by molar-refractivity contribution is -0.144. The third kappa shape index (κ3) is 5.07. The molecule has 1 heterocycles. The van der Waals surface area contributed by atoms with E-state index >= 15 is 0 Å². The van der Waals surface area contributed by atoms with Crippen LogP contribution < -0.4 is 5.69 Å². The fourth-order valence-corrected chi connectivity index (χ4v) is 2.38. The molecule has 7 nitrogen and oxygen atoms in total. The zero-order valence-corrected chi connectivity index (χ0v) is 11.9. The van der Waals surface area contributed by atoms with Crippen molar-refractivity contribution < 1.29 is 14.6 Å². The number of aliphatic hydroxyl groups is 1. The summed E-state index contributed by atoms with van der Waals surface area (Å²) in [5.41, 5.74) is -0.260. The number of thioether (sulfide) groups is 1. The first-order valence-corrected chi connectivity index (χ1v) is 7.18. The summed E-state index contributed by atoms with van der Waals surface area (Å²) < 4.78 is 6.26. The van der Waals surface area contributed by atoms with Gasteiger partial charge in [-0.3, -0.25) is 9.36 Å². The summed E-state index contributed by atoms with van der Waals surface area (Å²) in [5, 5.41) is 16.5. The highest BCUT2D eigenvalue weighted by Gasteiger charge is 2.15. The number of rotatable bonds is 8. The van der Waals surface area contributed by atoms with Crippen molar-refractivity contribution in [2.24, 2.45) is 0 Å². The Kier molecular flexibility index (Phi) is 6.65. The van der Waals surface area contributed by atoms with Crippen LogP contribution in [0.25, 0.3) is 0 Å². The van der Waals surface area contributed by atoms with Gasteiger partial charge < -0.3 is 9.84 Å². The number of carbonyl (C=O) groups excluding carboxylic acids is 1. The van der Waals surface area contributed by atoms with Crippen LogP contribution in [-0.2, 0) is 16.1 Å². The molecule has 1 rings (SSSR count). The lowest BCUT2D eigenvalue weighted by Crippen LogP contribution is -2.20. The van der Waals surface area contributed by atoms with E-state index in [0.29, 0.717) is 18.3 Å². The molecule has 1 unspecified atom stereocenters. The second-order valence-corrected chi connectivity index (χ2v) is 4.92. The predicted octanol–water partition coefficient (Wildman–Crippen LogP) is 0.388. The Morgan fingerprint density at radius 1 is 1.58 bits per heavy atom. The number of H-pyrrole nitrogens is 1. The Labute approximate surface area is 115 Å². The third-order valence-corrected chi connectivity index (χ3v) is 3.40. The number of hydrogen-bond acceptors (Lipinski definition) is 6. The first kappa shape index (κ1) is 15.8. The quantitative estimate of drug-likeness (QED) is 0.530. The summed E-state index contributed by atoms with van der Waals surface area (Å²) in [6.07, 6.45) is -0.0484. The molecule has 0 radical (unpaired) electrons. The van der Waals surface area contributed by atoms with Gasteiger partial charge in [0.15, 0.2) is 5.16 Å². The van der Waals surface area contributed by atoms with E-state index in [1.165, 1.54) is 16.3 Å². The van der Waals surface area contributed by atoms with Crippen LogP contribution >= 0.6 is 11.8 Å². The molecular formula is C11H19N3O4S. The summed E-state index contributed by atoms with van der Waals surface area (Å²) in [5.74, 6) is -0.143. The summed E-state index contributed by atoms with van der Waals surface area (Å²) in [4.78, 5) is 22.6. The smallest absolute Gasteiger partial charge is 0.343 e. The van der Waals surface area contributed by atoms with Gasteiger partial charge in [0.05, 0.1) is 19.1 Å². The topological polar surface area (TPSA) is 97.2 Å². The van der Waals surface area contributed by atoms with Crippen molar-refractivity contribution in [1.29, 1.82) is 0 Å². The average Bonchev–Trinajstić information content (AvgIpc) is 2.69. The van der Waals surface area contributed by atoms with Gasteiger partial charge in [-0.1, -0.05) is 18.7 Å². The lowest BCUT2D eigenvalue weighted by atomic mass is 10.3. The second kappa shape index (κ2) is 8.00. The highest BCUT2D eigenvalue weighted by atomic mass is 32.2. The monoisotopic (exact) mass is 289 g/mol. The van der Waals surface area contributed by atoms with Gasteiger partial charge in [0, 0.05) is 12.3 Å². The van der Waals surface area contributed by atoms with Gasteiger partial charge in [-0.05, 0) is 13.3 Å². The fourth-order valence-electron chi connectivity index (χ4n) is 1.48. The maximum atomic E-state index is 11.4. The first-order chi connectivity index (χ1) is 9.08. The van der Waals surface area contributed by atoms with Crippen LogP contribution in [0.4, 0.5) is 0 Å². The van der Waals surface area contributed by atoms with E-state index in [9.17, 15) is 14.7 Å². The number of carbonyl (C=O) groups is 1. The van der Waals surface area contributed by atoms with E-state index in [4.69, 9.17) is 4.74 Å². The van der Waals surface area contributed by atoms with Crippen molar-refractivity contribution in [3.8, 4) is 0 Å². The minimum absolute atomic E-state index is 0.0523. The van der Waals surface area contributed by atoms with Gasteiger partial charge in [0.1, 0.15) is 0 Å². The van der Waals surface area contributed by atoms with E-state index in [-0.39, 0.29) is 17.9 Å². The highest BCUT2D eigenvalue weighted by Crippen LogP contribution is 2.16. The third-order valence-electron chi connectivity index (χ3n) is 2.28. The molecule has 8 heteroatoms. The maximum absolute atomic E-state index is 11.4. The second-order valence-electron chi connectivity index (χ2n) is 3.94. The predicted molar refractivity (Wildman–Crippen MR) is 71.1 cm³/mol. The molecule has 0 bridgehead atoms. The van der Waals surface area contributed by atoms with E-state index in [0.717, 1.165) is 6.42 Å². The standard InChI is InChI=1S/C11H19N3O4S/c1-3-5-14-10(17)12-13-11(14)19-7-8(15)6-9(16)18-4-2/h8,15H,3-7H2,1-2H3,(H,12,17). The minimum atomic E-state index is -0.814. The molecule has 0 aliphatic heterocycles. The molecule has 0 aliphatic rings. The molecule has 0 saturated heterocycles. The number of nitrogens with zero attached hydrogens (tertiary/aromatic N) is 2. The van der Waals surface area contributed by atoms with Crippen LogP contribution in [-0.4, -0.2) is 44.3 Å². The average molecular weight is 289 g/mol. The molecule has 1 aromatic heterocycles. The number of aliphatic hydroxyl groups excluding tert-OH is 1. The molecule has 0 amide bonds. The van der Waals surface area contributed by atoms with Crippen molar-refractivity contribution in [3.63, 3.8) is 0 Å². The Morgan fingerprint density at radius 3 is 2.95 bits per heavy atom. The molecule has 19 heavy (non-hydrogen) atoms. The summed E-state index contributed by atoms with van der Waals surface area (Å²) in [6.45, 7) is 4.55. The highest BCUT2D eigenvalue weighted by molar-refractivity contribution is 7.99. The molecule has 108 valence electrons. The zero-order valence-electron chi connectivity index (χ0n) is 11.1. The van der Waals surface area contributed by atoms with Gasteiger partial charge in [0.2, 0.25) is 0 Å². The Balaban J connectivity index is 2.48. The molecule has 0 fully saturated rings. The van der Waals surface area contributed by atoms with Crippen LogP contribution in [0.2, 0.25) is 0 Å². The lowest BCUT2D eigenvalue weighted by Gasteiger charge is -2.09. The molecule has 1 aromatic rings. The SMILES string of the molecule is CCCn1c(SCC(O)CC(=O)OCC)n[nH]c1=O. The number of aromatic amines is 1. The summed E-state index contributed by atoms with van der Waals surface area (Å²) >= 11 is 1.24. The largest absolute Gasteiger partial charge is 0.466 e. The summed E-state index contributed by atoms with van der Waals surface area (Å²) in [7, 11) is 0. The van der Waals surface area contributed by atoms with E-state index in [1.807, 2.05) is 6.92 Å². The van der Waals surface area contributed by atoms with Gasteiger partial charge in [-0.15, -0.1) is 5.10 Å². The molecule has 2 N–H and O–H groups in total. The zero-order chi connectivity index (χ0) is 14.3. The van der Waals surface area contributed by atoms with Crippen LogP contribution in [0.5, 0.6) is 0 Å². The first-order valence-electron chi connectivity index (χ1n) is 6.20.